The maximum Gasteiger partial charge on any atom is 0.471 e. The Morgan fingerprint density at radius 2 is 1.46 bits per heavy atom. The number of aliphatic hydroxyl groups excluding tert-OH is 2. The summed E-state index contributed by atoms with van der Waals surface area (Å²) in [4.78, 5) is 11.0. The summed E-state index contributed by atoms with van der Waals surface area (Å²) in [5.74, 6) is -2.11. The van der Waals surface area contributed by atoms with E-state index >= 15 is 0 Å². The summed E-state index contributed by atoms with van der Waals surface area (Å²) in [6, 6.07) is -1.16. The van der Waals surface area contributed by atoms with Crippen molar-refractivity contribution in [3.05, 3.63) is 12.2 Å². The number of carbonyl (C=O) groups excluding carboxylic acids is 1. The third-order valence-electron chi connectivity index (χ3n) is 4.73. The van der Waals surface area contributed by atoms with Gasteiger partial charge in [0.1, 0.15) is 0 Å². The standard InChI is InChI=1S/C21H38F3NO3/c1-2-3-4-5-6-7-8-9-10-11-12-13-14-15-19(27)18(16-17-26)25-20(28)21(22,23)24/h14-15,18-19,26-27H,2-13,16-17H2,1H3,(H,25,28)/b15-14+/t18-,19+/m0/s1. The summed E-state index contributed by atoms with van der Waals surface area (Å²) in [6.07, 6.45) is 11.0. The van der Waals surface area contributed by atoms with E-state index in [0.717, 1.165) is 19.3 Å². The van der Waals surface area contributed by atoms with Gasteiger partial charge in [-0.15, -0.1) is 0 Å². The van der Waals surface area contributed by atoms with Crippen molar-refractivity contribution in [2.45, 2.75) is 109 Å². The number of allylic oxidation sites excluding steroid dienone is 1. The normalized spacial score (nSPS) is 14.4. The second-order valence-corrected chi connectivity index (χ2v) is 7.33. The maximum absolute atomic E-state index is 12.3. The molecule has 28 heavy (non-hydrogen) atoms. The molecule has 0 heterocycles. The van der Waals surface area contributed by atoms with Crippen LogP contribution in [0.15, 0.2) is 12.2 Å². The number of carbonyl (C=O) groups is 1. The van der Waals surface area contributed by atoms with Crippen LogP contribution in [0.2, 0.25) is 0 Å². The zero-order valence-corrected chi connectivity index (χ0v) is 17.1. The second-order valence-electron chi connectivity index (χ2n) is 7.33. The van der Waals surface area contributed by atoms with E-state index in [1.165, 1.54) is 63.9 Å². The minimum absolute atomic E-state index is 0.147. The average Bonchev–Trinajstić information content (AvgIpc) is 2.64. The van der Waals surface area contributed by atoms with E-state index in [2.05, 4.69) is 6.92 Å². The third-order valence-corrected chi connectivity index (χ3v) is 4.73. The highest BCUT2D eigenvalue weighted by molar-refractivity contribution is 5.82. The fraction of sp³-hybridized carbons (Fsp3) is 0.857. The molecule has 7 heteroatoms. The fourth-order valence-corrected chi connectivity index (χ4v) is 3.01. The van der Waals surface area contributed by atoms with Gasteiger partial charge < -0.3 is 15.5 Å². The molecule has 0 aromatic rings. The topological polar surface area (TPSA) is 69.6 Å². The maximum atomic E-state index is 12.3. The molecule has 3 N–H and O–H groups in total. The number of halogens is 3. The Labute approximate surface area is 167 Å². The molecule has 0 bridgehead atoms. The van der Waals surface area contributed by atoms with Crippen LogP contribution in [-0.2, 0) is 4.79 Å². The summed E-state index contributed by atoms with van der Waals surface area (Å²) in [5, 5.41) is 20.6. The predicted molar refractivity (Wildman–Crippen MR) is 106 cm³/mol. The Bertz CT molecular complexity index is 414. The molecule has 4 nitrogen and oxygen atoms in total. The van der Waals surface area contributed by atoms with Crippen molar-refractivity contribution in [1.82, 2.24) is 5.32 Å². The van der Waals surface area contributed by atoms with E-state index in [-0.39, 0.29) is 6.42 Å². The summed E-state index contributed by atoms with van der Waals surface area (Å²) in [7, 11) is 0. The molecule has 0 aromatic heterocycles. The molecule has 0 aliphatic heterocycles. The molecule has 0 saturated carbocycles. The number of nitrogens with one attached hydrogen (secondary N) is 1. The second kappa shape index (κ2) is 16.8. The summed E-state index contributed by atoms with van der Waals surface area (Å²) >= 11 is 0. The summed E-state index contributed by atoms with van der Waals surface area (Å²) in [6.45, 7) is 1.79. The van der Waals surface area contributed by atoms with Gasteiger partial charge in [0.05, 0.1) is 12.1 Å². The lowest BCUT2D eigenvalue weighted by Gasteiger charge is -2.22. The van der Waals surface area contributed by atoms with Gasteiger partial charge in [-0.05, 0) is 19.3 Å². The number of aliphatic hydroxyl groups is 2. The lowest BCUT2D eigenvalue weighted by Crippen LogP contribution is -2.48. The zero-order valence-electron chi connectivity index (χ0n) is 17.1. The van der Waals surface area contributed by atoms with Gasteiger partial charge in [0.25, 0.3) is 0 Å². The monoisotopic (exact) mass is 409 g/mol. The quantitative estimate of drug-likeness (QED) is 0.233. The first kappa shape index (κ1) is 26.9. The largest absolute Gasteiger partial charge is 0.471 e. The minimum atomic E-state index is -5.01. The van der Waals surface area contributed by atoms with Gasteiger partial charge in [0, 0.05) is 6.61 Å². The van der Waals surface area contributed by atoms with Gasteiger partial charge in [-0.2, -0.15) is 13.2 Å². The third kappa shape index (κ3) is 14.9. The number of alkyl halides is 3. The molecule has 0 radical (unpaired) electrons. The van der Waals surface area contributed by atoms with Gasteiger partial charge in [0.2, 0.25) is 0 Å². The molecule has 1 amide bonds. The molecule has 0 aromatic carbocycles. The molecule has 0 spiro atoms. The van der Waals surface area contributed by atoms with E-state index in [9.17, 15) is 23.1 Å². The van der Waals surface area contributed by atoms with Crippen LogP contribution >= 0.6 is 0 Å². The van der Waals surface area contributed by atoms with Crippen molar-refractivity contribution < 1.29 is 28.2 Å². The molecular formula is C21H38F3NO3. The van der Waals surface area contributed by atoms with Crippen molar-refractivity contribution in [3.63, 3.8) is 0 Å². The van der Waals surface area contributed by atoms with Gasteiger partial charge >= 0.3 is 12.1 Å². The van der Waals surface area contributed by atoms with Crippen LogP contribution in [-0.4, -0.2) is 41.0 Å². The van der Waals surface area contributed by atoms with Crippen LogP contribution in [0.4, 0.5) is 13.2 Å². The van der Waals surface area contributed by atoms with Crippen LogP contribution in [0.3, 0.4) is 0 Å². The molecule has 0 aliphatic carbocycles. The van der Waals surface area contributed by atoms with Crippen LogP contribution in [0.5, 0.6) is 0 Å². The van der Waals surface area contributed by atoms with Gasteiger partial charge in [-0.1, -0.05) is 83.3 Å². The average molecular weight is 410 g/mol. The van der Waals surface area contributed by atoms with Crippen molar-refractivity contribution in [2.75, 3.05) is 6.61 Å². The molecule has 0 fully saturated rings. The van der Waals surface area contributed by atoms with Gasteiger partial charge in [-0.3, -0.25) is 4.79 Å². The van der Waals surface area contributed by atoms with Crippen molar-refractivity contribution in [2.24, 2.45) is 0 Å². The SMILES string of the molecule is CCCCCCCCCCCCC/C=C/[C@@H](O)[C@H](CCO)NC(=O)C(F)(F)F. The molecule has 0 unspecified atom stereocenters. The van der Waals surface area contributed by atoms with E-state index in [1.54, 1.807) is 11.4 Å². The first-order valence-corrected chi connectivity index (χ1v) is 10.7. The molecule has 0 aliphatic rings. The number of unbranched alkanes of at least 4 members (excludes halogenated alkanes) is 11. The minimum Gasteiger partial charge on any atom is -0.396 e. The predicted octanol–water partition coefficient (Wildman–Crippen LogP) is 5.03. The van der Waals surface area contributed by atoms with Crippen molar-refractivity contribution >= 4 is 5.91 Å². The summed E-state index contributed by atoms with van der Waals surface area (Å²) in [5.41, 5.74) is 0. The van der Waals surface area contributed by atoms with E-state index in [0.29, 0.717) is 0 Å². The highest BCUT2D eigenvalue weighted by Gasteiger charge is 2.40. The lowest BCUT2D eigenvalue weighted by molar-refractivity contribution is -0.175. The Morgan fingerprint density at radius 1 is 0.964 bits per heavy atom. The zero-order chi connectivity index (χ0) is 21.3. The Kier molecular flexibility index (Phi) is 16.2. The molecular weight excluding hydrogens is 371 g/mol. The number of hydrogen-bond acceptors (Lipinski definition) is 3. The molecule has 166 valence electrons. The first-order chi connectivity index (χ1) is 13.3. The lowest BCUT2D eigenvalue weighted by atomic mass is 10.0. The first-order valence-electron chi connectivity index (χ1n) is 10.7. The van der Waals surface area contributed by atoms with Gasteiger partial charge in [-0.25, -0.2) is 0 Å². The molecule has 0 saturated heterocycles. The highest BCUT2D eigenvalue weighted by atomic mass is 19.4. The van der Waals surface area contributed by atoms with Crippen LogP contribution < -0.4 is 5.32 Å². The van der Waals surface area contributed by atoms with Crippen LogP contribution in [0.25, 0.3) is 0 Å². The Balaban J connectivity index is 3.84. The number of hydrogen-bond donors (Lipinski definition) is 3. The van der Waals surface area contributed by atoms with E-state index in [4.69, 9.17) is 5.11 Å². The fourth-order valence-electron chi connectivity index (χ4n) is 3.01. The van der Waals surface area contributed by atoms with Crippen molar-refractivity contribution in [1.29, 1.82) is 0 Å². The van der Waals surface area contributed by atoms with Gasteiger partial charge in [0.15, 0.2) is 0 Å². The smallest absolute Gasteiger partial charge is 0.396 e. The van der Waals surface area contributed by atoms with E-state index < -0.39 is 30.8 Å². The summed E-state index contributed by atoms with van der Waals surface area (Å²) < 4.78 is 36.9. The molecule has 0 rings (SSSR count). The number of rotatable bonds is 17. The number of amides is 1. The van der Waals surface area contributed by atoms with Crippen molar-refractivity contribution in [3.8, 4) is 0 Å². The molecule has 2 atom stereocenters. The van der Waals surface area contributed by atoms with E-state index in [1.807, 2.05) is 0 Å². The highest BCUT2D eigenvalue weighted by Crippen LogP contribution is 2.16. The van der Waals surface area contributed by atoms with Crippen LogP contribution in [0, 0.1) is 0 Å². The Morgan fingerprint density at radius 3 is 1.93 bits per heavy atom. The van der Waals surface area contributed by atoms with Crippen LogP contribution in [0.1, 0.15) is 90.4 Å². The Hall–Kier alpha value is -1.08.